The summed E-state index contributed by atoms with van der Waals surface area (Å²) in [6.07, 6.45) is 3.46. The lowest BCUT2D eigenvalue weighted by atomic mass is 10.1. The summed E-state index contributed by atoms with van der Waals surface area (Å²) in [5, 5.41) is 8.91. The van der Waals surface area contributed by atoms with Gasteiger partial charge in [-0.1, -0.05) is 35.9 Å². The maximum Gasteiger partial charge on any atom is 0.257 e. The number of carbonyl (C=O) groups is 1. The van der Waals surface area contributed by atoms with Crippen LogP contribution in [-0.4, -0.2) is 20.7 Å². The van der Waals surface area contributed by atoms with Crippen LogP contribution in [0.1, 0.15) is 21.5 Å². The zero-order chi connectivity index (χ0) is 18.8. The van der Waals surface area contributed by atoms with E-state index in [2.05, 4.69) is 15.4 Å². The second-order valence-electron chi connectivity index (χ2n) is 6.29. The van der Waals surface area contributed by atoms with E-state index >= 15 is 0 Å². The van der Waals surface area contributed by atoms with Crippen molar-refractivity contribution in [3.8, 4) is 0 Å². The fourth-order valence-electron chi connectivity index (χ4n) is 3.00. The van der Waals surface area contributed by atoms with Gasteiger partial charge in [-0.2, -0.15) is 5.10 Å². The Bertz CT molecular complexity index is 1110. The molecule has 2 aromatic carbocycles. The molecule has 0 spiro atoms. The summed E-state index contributed by atoms with van der Waals surface area (Å²) in [7, 11) is 0. The van der Waals surface area contributed by atoms with Crippen molar-refractivity contribution in [2.45, 2.75) is 13.5 Å². The highest BCUT2D eigenvalue weighted by Crippen LogP contribution is 2.21. The molecular formula is C21H17ClN4O. The quantitative estimate of drug-likeness (QED) is 0.562. The number of amides is 1. The number of rotatable bonds is 4. The van der Waals surface area contributed by atoms with E-state index in [1.54, 1.807) is 23.1 Å². The summed E-state index contributed by atoms with van der Waals surface area (Å²) in [5.74, 6) is 0.491. The molecule has 0 atom stereocenters. The molecule has 0 aliphatic heterocycles. The Labute approximate surface area is 161 Å². The smallest absolute Gasteiger partial charge is 0.257 e. The molecule has 0 fully saturated rings. The van der Waals surface area contributed by atoms with Gasteiger partial charge in [-0.25, -0.2) is 4.68 Å². The minimum atomic E-state index is -0.186. The lowest BCUT2D eigenvalue weighted by molar-refractivity contribution is 0.102. The van der Waals surface area contributed by atoms with Crippen LogP contribution in [0.4, 0.5) is 5.82 Å². The molecule has 1 N–H and O–H groups in total. The predicted molar refractivity (Wildman–Crippen MR) is 107 cm³/mol. The van der Waals surface area contributed by atoms with Gasteiger partial charge in [-0.3, -0.25) is 9.78 Å². The molecule has 0 saturated heterocycles. The lowest BCUT2D eigenvalue weighted by Gasteiger charge is -2.12. The van der Waals surface area contributed by atoms with Crippen LogP contribution in [0.5, 0.6) is 0 Å². The maximum atomic E-state index is 12.9. The van der Waals surface area contributed by atoms with Crippen LogP contribution < -0.4 is 5.32 Å². The van der Waals surface area contributed by atoms with Gasteiger partial charge in [0.25, 0.3) is 5.91 Å². The van der Waals surface area contributed by atoms with E-state index in [1.165, 1.54) is 0 Å². The molecule has 2 aromatic heterocycles. The molecule has 0 aliphatic rings. The molecule has 4 rings (SSSR count). The van der Waals surface area contributed by atoms with E-state index < -0.39 is 0 Å². The number of pyridine rings is 1. The molecule has 0 bridgehead atoms. The lowest BCUT2D eigenvalue weighted by Crippen LogP contribution is -2.17. The van der Waals surface area contributed by atoms with Crippen LogP contribution in [-0.2, 0) is 6.54 Å². The minimum absolute atomic E-state index is 0.186. The standard InChI is InChI=1S/C21H17ClN4O/c1-14-12-24-26(13-15-7-9-16(22)10-8-15)20(14)25-21(27)18-4-2-6-19-17(18)5-3-11-23-19/h2-12H,13H2,1H3,(H,25,27). The Kier molecular flexibility index (Phi) is 4.60. The molecule has 6 heteroatoms. The number of carbonyl (C=O) groups excluding carboxylic acids is 1. The van der Waals surface area contributed by atoms with Crippen LogP contribution in [0.25, 0.3) is 10.9 Å². The van der Waals surface area contributed by atoms with Gasteiger partial charge in [0.15, 0.2) is 0 Å². The van der Waals surface area contributed by atoms with Crippen molar-refractivity contribution in [1.82, 2.24) is 14.8 Å². The Morgan fingerprint density at radius 2 is 1.93 bits per heavy atom. The van der Waals surface area contributed by atoms with Crippen molar-refractivity contribution in [3.63, 3.8) is 0 Å². The number of benzene rings is 2. The Hall–Kier alpha value is -3.18. The topological polar surface area (TPSA) is 59.8 Å². The number of aromatic nitrogens is 3. The molecule has 5 nitrogen and oxygen atoms in total. The van der Waals surface area contributed by atoms with Crippen molar-refractivity contribution in [2.75, 3.05) is 5.32 Å². The SMILES string of the molecule is Cc1cnn(Cc2ccc(Cl)cc2)c1NC(=O)c1cccc2ncccc12. The third-order valence-corrected chi connectivity index (χ3v) is 4.64. The van der Waals surface area contributed by atoms with Crippen molar-refractivity contribution >= 4 is 34.2 Å². The third-order valence-electron chi connectivity index (χ3n) is 4.39. The number of nitrogens with one attached hydrogen (secondary N) is 1. The molecule has 2 heterocycles. The van der Waals surface area contributed by atoms with Crippen molar-refractivity contribution in [3.05, 3.63) is 88.7 Å². The summed E-state index contributed by atoms with van der Waals surface area (Å²) in [4.78, 5) is 17.2. The molecule has 1 amide bonds. The molecule has 0 unspecified atom stereocenters. The van der Waals surface area contributed by atoms with E-state index in [1.807, 2.05) is 55.5 Å². The molecule has 4 aromatic rings. The summed E-state index contributed by atoms with van der Waals surface area (Å²) in [5.41, 5.74) is 3.32. The Balaban J connectivity index is 1.63. The Morgan fingerprint density at radius 1 is 1.11 bits per heavy atom. The van der Waals surface area contributed by atoms with Gasteiger partial charge < -0.3 is 5.32 Å². The van der Waals surface area contributed by atoms with Gasteiger partial charge in [0.1, 0.15) is 5.82 Å². The van der Waals surface area contributed by atoms with Crippen LogP contribution in [0.3, 0.4) is 0 Å². The van der Waals surface area contributed by atoms with Gasteiger partial charge in [0.2, 0.25) is 0 Å². The van der Waals surface area contributed by atoms with Gasteiger partial charge in [-0.15, -0.1) is 0 Å². The number of nitrogens with zero attached hydrogens (tertiary/aromatic N) is 3. The molecule has 0 radical (unpaired) electrons. The summed E-state index contributed by atoms with van der Waals surface area (Å²) in [6.45, 7) is 2.46. The number of anilines is 1. The number of fused-ring (bicyclic) bond motifs is 1. The van der Waals surface area contributed by atoms with E-state index in [0.29, 0.717) is 22.9 Å². The van der Waals surface area contributed by atoms with Crippen molar-refractivity contribution < 1.29 is 4.79 Å². The number of halogens is 1. The van der Waals surface area contributed by atoms with E-state index in [0.717, 1.165) is 22.0 Å². The first-order chi connectivity index (χ1) is 13.1. The fourth-order valence-corrected chi connectivity index (χ4v) is 3.13. The first-order valence-corrected chi connectivity index (χ1v) is 8.91. The van der Waals surface area contributed by atoms with Gasteiger partial charge in [-0.05, 0) is 42.8 Å². The largest absolute Gasteiger partial charge is 0.307 e. The highest BCUT2D eigenvalue weighted by atomic mass is 35.5. The van der Waals surface area contributed by atoms with Crippen molar-refractivity contribution in [2.24, 2.45) is 0 Å². The monoisotopic (exact) mass is 376 g/mol. The molecular weight excluding hydrogens is 360 g/mol. The number of hydrogen-bond acceptors (Lipinski definition) is 3. The summed E-state index contributed by atoms with van der Waals surface area (Å²) < 4.78 is 1.78. The van der Waals surface area contributed by atoms with Crippen LogP contribution in [0, 0.1) is 6.92 Å². The van der Waals surface area contributed by atoms with Crippen LogP contribution >= 0.6 is 11.6 Å². The zero-order valence-corrected chi connectivity index (χ0v) is 15.4. The van der Waals surface area contributed by atoms with Crippen LogP contribution in [0.2, 0.25) is 5.02 Å². The van der Waals surface area contributed by atoms with Gasteiger partial charge in [0.05, 0.1) is 18.3 Å². The van der Waals surface area contributed by atoms with E-state index in [9.17, 15) is 4.79 Å². The summed E-state index contributed by atoms with van der Waals surface area (Å²) >= 11 is 5.95. The van der Waals surface area contributed by atoms with E-state index in [4.69, 9.17) is 11.6 Å². The average molecular weight is 377 g/mol. The minimum Gasteiger partial charge on any atom is -0.307 e. The Morgan fingerprint density at radius 3 is 2.74 bits per heavy atom. The number of aryl methyl sites for hydroxylation is 1. The highest BCUT2D eigenvalue weighted by molar-refractivity contribution is 6.30. The second-order valence-corrected chi connectivity index (χ2v) is 6.73. The van der Waals surface area contributed by atoms with Gasteiger partial charge >= 0.3 is 0 Å². The molecule has 27 heavy (non-hydrogen) atoms. The molecule has 134 valence electrons. The highest BCUT2D eigenvalue weighted by Gasteiger charge is 2.15. The van der Waals surface area contributed by atoms with E-state index in [-0.39, 0.29) is 5.91 Å². The predicted octanol–water partition coefficient (Wildman–Crippen LogP) is 4.69. The summed E-state index contributed by atoms with van der Waals surface area (Å²) in [6, 6.07) is 16.8. The second kappa shape index (κ2) is 7.21. The fraction of sp³-hybridized carbons (Fsp3) is 0.0952. The number of hydrogen-bond donors (Lipinski definition) is 1. The van der Waals surface area contributed by atoms with Crippen molar-refractivity contribution in [1.29, 1.82) is 0 Å². The first kappa shape index (κ1) is 17.2. The molecule has 0 aliphatic carbocycles. The molecule has 0 saturated carbocycles. The first-order valence-electron chi connectivity index (χ1n) is 8.54. The average Bonchev–Trinajstić information content (AvgIpc) is 3.02. The van der Waals surface area contributed by atoms with Gasteiger partial charge in [0, 0.05) is 27.7 Å². The normalized spacial score (nSPS) is 10.9. The zero-order valence-electron chi connectivity index (χ0n) is 14.7. The third kappa shape index (κ3) is 3.55. The maximum absolute atomic E-state index is 12.9. The van der Waals surface area contributed by atoms with Crippen LogP contribution in [0.15, 0.2) is 67.0 Å².